The van der Waals surface area contributed by atoms with Gasteiger partial charge in [0.05, 0.1) is 11.9 Å². The first-order valence-electron chi connectivity index (χ1n) is 13.3. The SMILES string of the molecule is Cn1cc(-c2cc3c(N4CCN(c5ncc(/C(=N\SC(C)(C)C)c6ccccc6)cn5)CC4)ncnn3c2)cn1. The molecule has 0 radical (unpaired) electrons. The van der Waals surface area contributed by atoms with Gasteiger partial charge in [-0.15, -0.1) is 0 Å². The van der Waals surface area contributed by atoms with E-state index >= 15 is 0 Å². The molecule has 5 heterocycles. The minimum atomic E-state index is 0.0109. The van der Waals surface area contributed by atoms with Gasteiger partial charge in [0, 0.05) is 85.0 Å². The number of rotatable bonds is 6. The van der Waals surface area contributed by atoms with Crippen molar-refractivity contribution in [3.63, 3.8) is 0 Å². The van der Waals surface area contributed by atoms with Crippen molar-refractivity contribution in [1.29, 1.82) is 0 Å². The lowest BCUT2D eigenvalue weighted by Gasteiger charge is -2.35. The maximum absolute atomic E-state index is 4.88. The Morgan fingerprint density at radius 3 is 2.23 bits per heavy atom. The highest BCUT2D eigenvalue weighted by molar-refractivity contribution is 7.99. The van der Waals surface area contributed by atoms with E-state index in [-0.39, 0.29) is 4.75 Å². The Labute approximate surface area is 237 Å². The second-order valence-electron chi connectivity index (χ2n) is 10.8. The van der Waals surface area contributed by atoms with Crippen LogP contribution in [0.15, 0.2) is 78.1 Å². The van der Waals surface area contributed by atoms with E-state index in [4.69, 9.17) is 14.4 Å². The molecule has 0 atom stereocenters. The van der Waals surface area contributed by atoms with Gasteiger partial charge in [-0.3, -0.25) is 4.68 Å². The van der Waals surface area contributed by atoms with Gasteiger partial charge in [0.25, 0.3) is 0 Å². The highest BCUT2D eigenvalue weighted by atomic mass is 32.2. The lowest BCUT2D eigenvalue weighted by molar-refractivity contribution is 0.633. The first kappa shape index (κ1) is 26.0. The van der Waals surface area contributed by atoms with Gasteiger partial charge in [-0.2, -0.15) is 10.2 Å². The number of hydrogen-bond donors (Lipinski definition) is 0. The second-order valence-corrected chi connectivity index (χ2v) is 12.4. The smallest absolute Gasteiger partial charge is 0.225 e. The van der Waals surface area contributed by atoms with Gasteiger partial charge in [0.1, 0.15) is 11.8 Å². The minimum absolute atomic E-state index is 0.0109. The van der Waals surface area contributed by atoms with Crippen molar-refractivity contribution >= 4 is 34.9 Å². The number of fused-ring (bicyclic) bond motifs is 1. The number of piperazine rings is 1. The molecule has 0 unspecified atom stereocenters. The maximum Gasteiger partial charge on any atom is 0.225 e. The fraction of sp³-hybridized carbons (Fsp3) is 0.310. The fourth-order valence-electron chi connectivity index (χ4n) is 4.66. The molecule has 0 bridgehead atoms. The first-order valence-corrected chi connectivity index (χ1v) is 14.1. The average molecular weight is 553 g/mol. The molecule has 4 aromatic heterocycles. The van der Waals surface area contributed by atoms with Crippen LogP contribution >= 0.6 is 11.9 Å². The summed E-state index contributed by atoms with van der Waals surface area (Å²) >= 11 is 1.56. The molecule has 0 saturated carbocycles. The van der Waals surface area contributed by atoms with E-state index in [1.807, 2.05) is 60.7 Å². The van der Waals surface area contributed by atoms with Gasteiger partial charge < -0.3 is 9.80 Å². The third-order valence-corrected chi connectivity index (χ3v) is 7.48. The molecule has 0 amide bonds. The summed E-state index contributed by atoms with van der Waals surface area (Å²) in [6, 6.07) is 12.3. The van der Waals surface area contributed by atoms with E-state index in [2.05, 4.69) is 64.0 Å². The monoisotopic (exact) mass is 552 g/mol. The van der Waals surface area contributed by atoms with Gasteiger partial charge in [-0.05, 0) is 38.8 Å². The molecule has 1 fully saturated rings. The molecule has 11 heteroatoms. The Morgan fingerprint density at radius 1 is 0.825 bits per heavy atom. The first-order chi connectivity index (χ1) is 19.3. The summed E-state index contributed by atoms with van der Waals surface area (Å²) in [5, 5.41) is 8.73. The van der Waals surface area contributed by atoms with Crippen LogP contribution < -0.4 is 9.80 Å². The fourth-order valence-corrected chi connectivity index (χ4v) is 5.24. The molecule has 1 saturated heterocycles. The summed E-state index contributed by atoms with van der Waals surface area (Å²) in [7, 11) is 1.92. The Morgan fingerprint density at radius 2 is 1.55 bits per heavy atom. The van der Waals surface area contributed by atoms with E-state index in [9.17, 15) is 0 Å². The molecule has 204 valence electrons. The van der Waals surface area contributed by atoms with E-state index < -0.39 is 0 Å². The molecule has 5 aromatic rings. The van der Waals surface area contributed by atoms with Crippen LogP contribution in [-0.4, -0.2) is 71.0 Å². The minimum Gasteiger partial charge on any atom is -0.351 e. The predicted octanol–water partition coefficient (Wildman–Crippen LogP) is 4.53. The van der Waals surface area contributed by atoms with Crippen LogP contribution in [-0.2, 0) is 7.05 Å². The molecular weight excluding hydrogens is 520 g/mol. The molecule has 40 heavy (non-hydrogen) atoms. The van der Waals surface area contributed by atoms with Crippen molar-refractivity contribution in [1.82, 2.24) is 34.3 Å². The van der Waals surface area contributed by atoms with Crippen LogP contribution in [0.3, 0.4) is 0 Å². The lowest BCUT2D eigenvalue weighted by atomic mass is 10.1. The van der Waals surface area contributed by atoms with Gasteiger partial charge >= 0.3 is 0 Å². The summed E-state index contributed by atoms with van der Waals surface area (Å²) in [4.78, 5) is 18.7. The number of nitrogens with zero attached hydrogens (tertiary/aromatic N) is 10. The number of benzene rings is 1. The van der Waals surface area contributed by atoms with E-state index in [0.29, 0.717) is 0 Å². The van der Waals surface area contributed by atoms with Gasteiger partial charge in [0.15, 0.2) is 5.82 Å². The maximum atomic E-state index is 4.88. The van der Waals surface area contributed by atoms with Crippen molar-refractivity contribution in [3.8, 4) is 11.1 Å². The highest BCUT2D eigenvalue weighted by Gasteiger charge is 2.23. The molecule has 1 aromatic carbocycles. The quantitative estimate of drug-likeness (QED) is 0.224. The Bertz CT molecular complexity index is 1630. The van der Waals surface area contributed by atoms with Crippen molar-refractivity contribution in [3.05, 3.63) is 84.8 Å². The summed E-state index contributed by atoms with van der Waals surface area (Å²) in [6.07, 6.45) is 11.3. The van der Waals surface area contributed by atoms with Crippen LogP contribution in [0, 0.1) is 0 Å². The number of aromatic nitrogens is 7. The van der Waals surface area contributed by atoms with E-state index in [1.165, 1.54) is 0 Å². The highest BCUT2D eigenvalue weighted by Crippen LogP contribution is 2.28. The standard InChI is InChI=1S/C29H32N10S/c1-29(2,3)40-35-26(21-8-6-5-7-9-21)23-15-30-28(31-16-23)38-12-10-37(11-13-38)27-25-14-22(19-39(25)34-20-32-27)24-17-33-36(4)18-24/h5-9,14-20H,10-13H2,1-4H3/b35-26-. The van der Waals surface area contributed by atoms with Crippen molar-refractivity contribution in [2.75, 3.05) is 36.0 Å². The lowest BCUT2D eigenvalue weighted by Crippen LogP contribution is -2.47. The zero-order chi connectivity index (χ0) is 27.7. The molecular formula is C29H32N10S. The molecule has 10 nitrogen and oxygen atoms in total. The van der Waals surface area contributed by atoms with E-state index in [1.54, 1.807) is 23.0 Å². The zero-order valence-electron chi connectivity index (χ0n) is 23.1. The van der Waals surface area contributed by atoms with Crippen LogP contribution in [0.2, 0.25) is 0 Å². The van der Waals surface area contributed by atoms with Crippen LogP contribution in [0.1, 0.15) is 31.9 Å². The Hall–Kier alpha value is -4.25. The molecule has 6 rings (SSSR count). The Kier molecular flexibility index (Phi) is 6.97. The molecule has 0 aliphatic carbocycles. The third kappa shape index (κ3) is 5.55. The topological polar surface area (TPSA) is 92.6 Å². The van der Waals surface area contributed by atoms with E-state index in [0.717, 1.165) is 71.4 Å². The molecule has 1 aliphatic heterocycles. The number of hydrogen-bond acceptors (Lipinski definition) is 9. The van der Waals surface area contributed by atoms with Crippen molar-refractivity contribution < 1.29 is 0 Å². The zero-order valence-corrected chi connectivity index (χ0v) is 24.0. The summed E-state index contributed by atoms with van der Waals surface area (Å²) in [5.74, 6) is 1.66. The third-order valence-electron chi connectivity index (χ3n) is 6.66. The summed E-state index contributed by atoms with van der Waals surface area (Å²) < 4.78 is 8.59. The van der Waals surface area contributed by atoms with Crippen molar-refractivity contribution in [2.24, 2.45) is 11.4 Å². The van der Waals surface area contributed by atoms with Gasteiger partial charge in [0.2, 0.25) is 5.95 Å². The van der Waals surface area contributed by atoms with Crippen LogP contribution in [0.4, 0.5) is 11.8 Å². The summed E-state index contributed by atoms with van der Waals surface area (Å²) in [5.41, 5.74) is 5.96. The number of aryl methyl sites for hydroxylation is 1. The molecule has 0 N–H and O–H groups in total. The largest absolute Gasteiger partial charge is 0.351 e. The Balaban J connectivity index is 1.17. The second kappa shape index (κ2) is 10.7. The van der Waals surface area contributed by atoms with Gasteiger partial charge in [-0.25, -0.2) is 23.9 Å². The van der Waals surface area contributed by atoms with Gasteiger partial charge in [-0.1, -0.05) is 30.3 Å². The van der Waals surface area contributed by atoms with Crippen molar-refractivity contribution in [2.45, 2.75) is 25.5 Å². The summed E-state index contributed by atoms with van der Waals surface area (Å²) in [6.45, 7) is 9.69. The van der Waals surface area contributed by atoms with Crippen LogP contribution in [0.25, 0.3) is 16.6 Å². The molecule has 1 aliphatic rings. The number of anilines is 2. The predicted molar refractivity (Wildman–Crippen MR) is 161 cm³/mol. The van der Waals surface area contributed by atoms with Crippen LogP contribution in [0.5, 0.6) is 0 Å². The normalized spacial score (nSPS) is 14.8. The average Bonchev–Trinajstić information content (AvgIpc) is 3.60. The molecule has 0 spiro atoms.